The average Bonchev–Trinajstić information content (AvgIpc) is 3.06. The molecule has 1 N–H and O–H groups in total. The Kier molecular flexibility index (Phi) is 5.86. The number of rotatable bonds is 7. The Bertz CT molecular complexity index is 722. The van der Waals surface area contributed by atoms with Crippen molar-refractivity contribution in [1.29, 1.82) is 0 Å². The van der Waals surface area contributed by atoms with Gasteiger partial charge in [-0.3, -0.25) is 9.59 Å². The Labute approximate surface area is 139 Å². The fourth-order valence-corrected chi connectivity index (χ4v) is 2.06. The number of anilines is 1. The van der Waals surface area contributed by atoms with E-state index in [9.17, 15) is 9.59 Å². The largest absolute Gasteiger partial charge is 0.378 e. The second-order valence-electron chi connectivity index (χ2n) is 5.05. The number of likely N-dealkylation sites (N-methyl/N-ethyl adjacent to an activating group) is 1. The molecule has 0 unspecified atom stereocenters. The Morgan fingerprint density at radius 2 is 2.08 bits per heavy atom. The van der Waals surface area contributed by atoms with Gasteiger partial charge in [0.25, 0.3) is 5.91 Å². The summed E-state index contributed by atoms with van der Waals surface area (Å²) in [7, 11) is 3.20. The predicted molar refractivity (Wildman–Crippen MR) is 88.4 cm³/mol. The van der Waals surface area contributed by atoms with Gasteiger partial charge in [-0.1, -0.05) is 11.7 Å². The lowest BCUT2D eigenvalue weighted by molar-refractivity contribution is -0.113. The van der Waals surface area contributed by atoms with E-state index in [1.807, 2.05) is 0 Å². The zero-order valence-corrected chi connectivity index (χ0v) is 13.6. The van der Waals surface area contributed by atoms with E-state index in [-0.39, 0.29) is 18.4 Å². The van der Waals surface area contributed by atoms with Crippen LogP contribution in [0.15, 0.2) is 47.7 Å². The summed E-state index contributed by atoms with van der Waals surface area (Å²) in [6.07, 6.45) is 2.71. The number of hydrogen-bond donors (Lipinski definition) is 1. The third-order valence-corrected chi connectivity index (χ3v) is 3.47. The maximum absolute atomic E-state index is 12.2. The lowest BCUT2D eigenvalue weighted by Crippen LogP contribution is -2.25. The number of nitrogens with zero attached hydrogens (tertiary/aromatic N) is 2. The van der Waals surface area contributed by atoms with E-state index in [1.165, 1.54) is 17.2 Å². The van der Waals surface area contributed by atoms with Gasteiger partial charge in [0.05, 0.1) is 6.61 Å². The van der Waals surface area contributed by atoms with Crippen LogP contribution in [0.5, 0.6) is 0 Å². The molecule has 0 radical (unpaired) electrons. The fraction of sp³-hybridized carbons (Fsp3) is 0.235. The van der Waals surface area contributed by atoms with Crippen molar-refractivity contribution in [3.8, 4) is 0 Å². The molecule has 24 heavy (non-hydrogen) atoms. The van der Waals surface area contributed by atoms with Gasteiger partial charge in [0, 0.05) is 37.5 Å². The summed E-state index contributed by atoms with van der Waals surface area (Å²) in [5, 5.41) is 6.61. The number of methoxy groups -OCH3 is 1. The van der Waals surface area contributed by atoms with Crippen LogP contribution in [0.3, 0.4) is 0 Å². The minimum atomic E-state index is -0.233. The van der Waals surface area contributed by atoms with Crippen LogP contribution in [0, 0.1) is 0 Å². The Morgan fingerprint density at radius 3 is 2.71 bits per heavy atom. The third-order valence-electron chi connectivity index (χ3n) is 3.47. The highest BCUT2D eigenvalue weighted by molar-refractivity contribution is 6.01. The summed E-state index contributed by atoms with van der Waals surface area (Å²) in [4.78, 5) is 25.2. The van der Waals surface area contributed by atoms with Gasteiger partial charge in [0.2, 0.25) is 5.91 Å². The molecule has 0 spiro atoms. The molecule has 0 aliphatic heterocycles. The molecule has 2 aromatic rings. The van der Waals surface area contributed by atoms with Crippen molar-refractivity contribution >= 4 is 17.5 Å². The van der Waals surface area contributed by atoms with E-state index >= 15 is 0 Å². The second-order valence-corrected chi connectivity index (χ2v) is 5.05. The molecule has 1 aromatic heterocycles. The van der Waals surface area contributed by atoms with Gasteiger partial charge in [0.15, 0.2) is 0 Å². The van der Waals surface area contributed by atoms with Gasteiger partial charge < -0.3 is 19.5 Å². The maximum atomic E-state index is 12.2. The highest BCUT2D eigenvalue weighted by atomic mass is 16.5. The summed E-state index contributed by atoms with van der Waals surface area (Å²) in [5.74, 6) is -0.450. The van der Waals surface area contributed by atoms with Gasteiger partial charge in [-0.25, -0.2) is 0 Å². The molecule has 0 atom stereocenters. The van der Waals surface area contributed by atoms with Gasteiger partial charge in [-0.05, 0) is 30.3 Å². The van der Waals surface area contributed by atoms with Crippen LogP contribution in [-0.2, 0) is 22.7 Å². The fourth-order valence-electron chi connectivity index (χ4n) is 2.06. The molecule has 0 fully saturated rings. The summed E-state index contributed by atoms with van der Waals surface area (Å²) in [6, 6.07) is 6.71. The van der Waals surface area contributed by atoms with E-state index in [0.29, 0.717) is 23.6 Å². The zero-order chi connectivity index (χ0) is 17.5. The standard InChI is InChI=1S/C17H19N3O4/c1-4-16(21)20(2)14-7-5-12(6-8-14)17(22)18-9-13-10-24-19-15(13)11-23-3/h4-8,10H,1,9,11H2,2-3H3,(H,18,22). The molecule has 7 heteroatoms. The van der Waals surface area contributed by atoms with Crippen molar-refractivity contribution in [3.05, 3.63) is 60.0 Å². The number of ether oxygens (including phenoxy) is 1. The van der Waals surface area contributed by atoms with Crippen molar-refractivity contribution in [1.82, 2.24) is 10.5 Å². The lowest BCUT2D eigenvalue weighted by Gasteiger charge is -2.15. The van der Waals surface area contributed by atoms with E-state index in [0.717, 1.165) is 5.56 Å². The number of nitrogens with one attached hydrogen (secondary N) is 1. The first-order valence-electron chi connectivity index (χ1n) is 7.26. The van der Waals surface area contributed by atoms with Gasteiger partial charge in [-0.2, -0.15) is 0 Å². The average molecular weight is 329 g/mol. The van der Waals surface area contributed by atoms with Crippen LogP contribution in [0.25, 0.3) is 0 Å². The lowest BCUT2D eigenvalue weighted by atomic mass is 10.1. The molecular formula is C17H19N3O4. The summed E-state index contributed by atoms with van der Waals surface area (Å²) in [5.41, 5.74) is 2.58. The van der Waals surface area contributed by atoms with Crippen molar-refractivity contribution < 1.29 is 18.8 Å². The van der Waals surface area contributed by atoms with Gasteiger partial charge in [0.1, 0.15) is 12.0 Å². The molecule has 2 rings (SSSR count). The number of amides is 2. The Balaban J connectivity index is 1.98. The number of benzene rings is 1. The van der Waals surface area contributed by atoms with E-state index < -0.39 is 0 Å². The number of aromatic nitrogens is 1. The number of carbonyl (C=O) groups is 2. The highest BCUT2D eigenvalue weighted by Gasteiger charge is 2.12. The van der Waals surface area contributed by atoms with E-state index in [4.69, 9.17) is 9.26 Å². The quantitative estimate of drug-likeness (QED) is 0.784. The summed E-state index contributed by atoms with van der Waals surface area (Å²) in [6.45, 7) is 4.05. The van der Waals surface area contributed by atoms with Crippen LogP contribution >= 0.6 is 0 Å². The van der Waals surface area contributed by atoms with Crippen molar-refractivity contribution in [3.63, 3.8) is 0 Å². The van der Waals surface area contributed by atoms with E-state index in [1.54, 1.807) is 38.4 Å². The first-order valence-corrected chi connectivity index (χ1v) is 7.26. The summed E-state index contributed by atoms with van der Waals surface area (Å²) < 4.78 is 9.89. The molecule has 7 nitrogen and oxygen atoms in total. The molecule has 0 aliphatic rings. The molecule has 1 heterocycles. The highest BCUT2D eigenvalue weighted by Crippen LogP contribution is 2.14. The van der Waals surface area contributed by atoms with Crippen LogP contribution in [0.1, 0.15) is 21.6 Å². The normalized spacial score (nSPS) is 10.2. The van der Waals surface area contributed by atoms with Crippen LogP contribution < -0.4 is 10.2 Å². The van der Waals surface area contributed by atoms with E-state index in [2.05, 4.69) is 17.1 Å². The molecule has 0 saturated carbocycles. The first kappa shape index (κ1) is 17.4. The van der Waals surface area contributed by atoms with Crippen molar-refractivity contribution in [2.45, 2.75) is 13.2 Å². The molecule has 126 valence electrons. The number of carbonyl (C=O) groups excluding carboxylic acids is 2. The molecule has 2 amide bonds. The summed E-state index contributed by atoms with van der Waals surface area (Å²) >= 11 is 0. The van der Waals surface area contributed by atoms with Crippen molar-refractivity contribution in [2.75, 3.05) is 19.1 Å². The Morgan fingerprint density at radius 1 is 1.38 bits per heavy atom. The molecule has 0 saturated heterocycles. The minimum absolute atomic E-state index is 0.217. The predicted octanol–water partition coefficient (Wildman–Crippen LogP) is 1.90. The molecule has 1 aromatic carbocycles. The molecule has 0 bridgehead atoms. The first-order chi connectivity index (χ1) is 11.6. The minimum Gasteiger partial charge on any atom is -0.378 e. The van der Waals surface area contributed by atoms with Crippen LogP contribution in [-0.4, -0.2) is 31.1 Å². The Hall–Kier alpha value is -2.93. The molecule has 0 aliphatic carbocycles. The monoisotopic (exact) mass is 329 g/mol. The maximum Gasteiger partial charge on any atom is 0.251 e. The third kappa shape index (κ3) is 4.08. The molecular weight excluding hydrogens is 310 g/mol. The van der Waals surface area contributed by atoms with Gasteiger partial charge in [-0.15, -0.1) is 0 Å². The van der Waals surface area contributed by atoms with Gasteiger partial charge >= 0.3 is 0 Å². The van der Waals surface area contributed by atoms with Crippen LogP contribution in [0.4, 0.5) is 5.69 Å². The zero-order valence-electron chi connectivity index (χ0n) is 13.6. The topological polar surface area (TPSA) is 84.7 Å². The second kappa shape index (κ2) is 8.07. The smallest absolute Gasteiger partial charge is 0.251 e. The van der Waals surface area contributed by atoms with Crippen LogP contribution in [0.2, 0.25) is 0 Å². The number of hydrogen-bond acceptors (Lipinski definition) is 5. The van der Waals surface area contributed by atoms with Crippen molar-refractivity contribution in [2.24, 2.45) is 0 Å². The SMILES string of the molecule is C=CC(=O)N(C)c1ccc(C(=O)NCc2conc2COC)cc1.